The molecule has 1 aliphatic heterocycles. The van der Waals surface area contributed by atoms with Gasteiger partial charge in [0.2, 0.25) is 0 Å². The van der Waals surface area contributed by atoms with Crippen LogP contribution in [-0.2, 0) is 9.13 Å². The Morgan fingerprint density at radius 3 is 2.04 bits per heavy atom. The number of hydrogen-bond donors (Lipinski definition) is 4. The van der Waals surface area contributed by atoms with Gasteiger partial charge in [-0.05, 0) is 24.1 Å². The number of fused-ring (bicyclic) bond motifs is 1. The van der Waals surface area contributed by atoms with Crippen LogP contribution >= 0.6 is 15.2 Å². The molecule has 3 rings (SSSR count). The Balaban J connectivity index is 2.07. The third-order valence-corrected chi connectivity index (χ3v) is 8.26. The van der Waals surface area contributed by atoms with Crippen molar-refractivity contribution in [3.8, 4) is 5.75 Å². The van der Waals surface area contributed by atoms with Crippen LogP contribution in [0.2, 0.25) is 0 Å². The molecular weight excluding hydrogens is 394 g/mol. The van der Waals surface area contributed by atoms with Gasteiger partial charge in [0.25, 0.3) is 0 Å². The van der Waals surface area contributed by atoms with E-state index in [0.29, 0.717) is 11.3 Å². The molecule has 8 nitrogen and oxygen atoms in total. The SMILES string of the molecule is O=C1c2ccccc2O[C@@H](c2ccccc2)[C@H]1CC(P(=O)(O)O)P(=O)(O)O. The van der Waals surface area contributed by atoms with E-state index in [9.17, 15) is 33.5 Å². The Bertz CT molecular complexity index is 911. The topological polar surface area (TPSA) is 141 Å². The maximum atomic E-state index is 13.0. The van der Waals surface area contributed by atoms with E-state index in [0.717, 1.165) is 0 Å². The molecule has 0 saturated heterocycles. The van der Waals surface area contributed by atoms with Crippen molar-refractivity contribution in [1.82, 2.24) is 0 Å². The van der Waals surface area contributed by atoms with Gasteiger partial charge in [-0.1, -0.05) is 42.5 Å². The van der Waals surface area contributed by atoms with Crippen LogP contribution in [0.1, 0.15) is 28.4 Å². The van der Waals surface area contributed by atoms with Crippen molar-refractivity contribution in [3.05, 3.63) is 65.7 Å². The highest BCUT2D eigenvalue weighted by molar-refractivity contribution is 7.70. The van der Waals surface area contributed by atoms with E-state index >= 15 is 0 Å². The molecule has 0 radical (unpaired) electrons. The number of ketones is 1. The highest BCUT2D eigenvalue weighted by Gasteiger charge is 2.49. The number of ether oxygens (including phenoxy) is 1. The second-order valence-corrected chi connectivity index (χ2v) is 10.3. The van der Waals surface area contributed by atoms with Gasteiger partial charge >= 0.3 is 15.2 Å². The van der Waals surface area contributed by atoms with E-state index < -0.39 is 44.8 Å². The molecule has 0 aliphatic carbocycles. The highest BCUT2D eigenvalue weighted by Crippen LogP contribution is 2.63. The van der Waals surface area contributed by atoms with Gasteiger partial charge in [0.05, 0.1) is 11.5 Å². The average Bonchev–Trinajstić information content (AvgIpc) is 2.59. The fraction of sp³-hybridized carbons (Fsp3) is 0.235. The Kier molecular flexibility index (Phi) is 5.41. The van der Waals surface area contributed by atoms with E-state index in [1.165, 1.54) is 6.07 Å². The molecule has 144 valence electrons. The van der Waals surface area contributed by atoms with E-state index in [1.54, 1.807) is 48.5 Å². The first-order valence-electron chi connectivity index (χ1n) is 8.04. The number of para-hydroxylation sites is 1. The van der Waals surface area contributed by atoms with Crippen molar-refractivity contribution >= 4 is 21.0 Å². The highest BCUT2D eigenvalue weighted by atomic mass is 31.2. The number of hydrogen-bond acceptors (Lipinski definition) is 4. The molecule has 0 saturated carbocycles. The normalized spacial score (nSPS) is 20.3. The van der Waals surface area contributed by atoms with Gasteiger partial charge in [-0.3, -0.25) is 13.9 Å². The number of carbonyl (C=O) groups excluding carboxylic acids is 1. The molecule has 0 bridgehead atoms. The molecule has 1 aliphatic rings. The summed E-state index contributed by atoms with van der Waals surface area (Å²) in [6.45, 7) is 0. The first kappa shape index (κ1) is 20.0. The Morgan fingerprint density at radius 1 is 0.889 bits per heavy atom. The predicted molar refractivity (Wildman–Crippen MR) is 96.6 cm³/mol. The molecule has 2 atom stereocenters. The summed E-state index contributed by atoms with van der Waals surface area (Å²) in [6.07, 6.45) is -1.63. The van der Waals surface area contributed by atoms with Crippen LogP contribution < -0.4 is 4.74 Å². The molecule has 0 fully saturated rings. The van der Waals surface area contributed by atoms with Gasteiger partial charge < -0.3 is 24.3 Å². The van der Waals surface area contributed by atoms with Crippen LogP contribution in [0.15, 0.2) is 54.6 Å². The van der Waals surface area contributed by atoms with E-state index in [2.05, 4.69) is 0 Å². The van der Waals surface area contributed by atoms with Crippen molar-refractivity contribution in [3.63, 3.8) is 0 Å². The number of carbonyl (C=O) groups is 1. The molecule has 10 heteroatoms. The van der Waals surface area contributed by atoms with Crippen LogP contribution in [0.4, 0.5) is 0 Å². The Labute approximate surface area is 155 Å². The standard InChI is InChI=1S/C17H18O8P2/c18-16-12-8-4-5-9-14(12)25-17(11-6-2-1-3-7-11)13(16)10-15(26(19,20)21)27(22,23)24/h1-9,13,15,17H,10H2,(H2,19,20,21)(H2,22,23,24)/t13-,17-/m0/s1. The van der Waals surface area contributed by atoms with Crippen LogP contribution in [0.3, 0.4) is 0 Å². The molecule has 0 spiro atoms. The van der Waals surface area contributed by atoms with Crippen molar-refractivity contribution in [2.75, 3.05) is 0 Å². The predicted octanol–water partition coefficient (Wildman–Crippen LogP) is 2.69. The lowest BCUT2D eigenvalue weighted by Crippen LogP contribution is -2.34. The van der Waals surface area contributed by atoms with Crippen LogP contribution in [-0.4, -0.2) is 30.8 Å². The lowest BCUT2D eigenvalue weighted by molar-refractivity contribution is 0.0639. The quantitative estimate of drug-likeness (QED) is 0.550. The zero-order valence-electron chi connectivity index (χ0n) is 14.0. The smallest absolute Gasteiger partial charge is 0.340 e. The number of Topliss-reactive ketones (excluding diaryl/α,β-unsaturated/α-hetero) is 1. The summed E-state index contributed by atoms with van der Waals surface area (Å²) < 4.78 is 29.3. The maximum Gasteiger partial charge on any atom is 0.340 e. The third-order valence-electron chi connectivity index (χ3n) is 4.48. The zero-order chi connectivity index (χ0) is 19.8. The lowest BCUT2D eigenvalue weighted by atomic mass is 9.84. The summed E-state index contributed by atoms with van der Waals surface area (Å²) in [5.41, 5.74) is 0.783. The number of rotatable bonds is 5. The lowest BCUT2D eigenvalue weighted by Gasteiger charge is -2.34. The Hall–Kier alpha value is -1.79. The van der Waals surface area contributed by atoms with Gasteiger partial charge in [-0.25, -0.2) is 0 Å². The summed E-state index contributed by atoms with van der Waals surface area (Å²) in [5.74, 6) is -1.32. The molecule has 2 aromatic rings. The largest absolute Gasteiger partial charge is 0.484 e. The van der Waals surface area contributed by atoms with Gasteiger partial charge in [0, 0.05) is 0 Å². The molecule has 2 aromatic carbocycles. The molecule has 0 unspecified atom stereocenters. The monoisotopic (exact) mass is 412 g/mol. The fourth-order valence-corrected chi connectivity index (χ4v) is 5.77. The second kappa shape index (κ2) is 7.32. The Morgan fingerprint density at radius 2 is 1.44 bits per heavy atom. The van der Waals surface area contributed by atoms with Gasteiger partial charge in [0.1, 0.15) is 11.9 Å². The van der Waals surface area contributed by atoms with Crippen LogP contribution in [0, 0.1) is 5.92 Å². The maximum absolute atomic E-state index is 13.0. The van der Waals surface area contributed by atoms with Crippen LogP contribution in [0.25, 0.3) is 0 Å². The van der Waals surface area contributed by atoms with Crippen molar-refractivity contribution in [1.29, 1.82) is 0 Å². The first-order chi connectivity index (χ1) is 12.6. The molecule has 27 heavy (non-hydrogen) atoms. The number of benzene rings is 2. The minimum atomic E-state index is -5.16. The third kappa shape index (κ3) is 4.22. The van der Waals surface area contributed by atoms with Gasteiger partial charge in [0.15, 0.2) is 11.2 Å². The molecule has 1 heterocycles. The van der Waals surface area contributed by atoms with E-state index in [-0.39, 0.29) is 5.56 Å². The van der Waals surface area contributed by atoms with E-state index in [4.69, 9.17) is 4.74 Å². The van der Waals surface area contributed by atoms with Gasteiger partial charge in [-0.15, -0.1) is 0 Å². The average molecular weight is 412 g/mol. The summed E-state index contributed by atoms with van der Waals surface area (Å²) in [5, 5.41) is -2.28. The zero-order valence-corrected chi connectivity index (χ0v) is 15.7. The summed E-state index contributed by atoms with van der Waals surface area (Å²) in [6, 6.07) is 15.0. The molecular formula is C17H18O8P2. The second-order valence-electron chi connectivity index (χ2n) is 6.31. The molecule has 0 aromatic heterocycles. The minimum absolute atomic E-state index is 0.213. The van der Waals surface area contributed by atoms with Gasteiger partial charge in [-0.2, -0.15) is 0 Å². The van der Waals surface area contributed by atoms with E-state index in [1.807, 2.05) is 0 Å². The fourth-order valence-electron chi connectivity index (χ4n) is 3.20. The summed E-state index contributed by atoms with van der Waals surface area (Å²) >= 11 is 0. The summed E-state index contributed by atoms with van der Waals surface area (Å²) in [4.78, 5) is 50.8. The summed E-state index contributed by atoms with van der Waals surface area (Å²) in [7, 11) is -10.3. The van der Waals surface area contributed by atoms with Crippen molar-refractivity contribution in [2.45, 2.75) is 17.9 Å². The minimum Gasteiger partial charge on any atom is -0.484 e. The molecule has 4 N–H and O–H groups in total. The van der Waals surface area contributed by atoms with Crippen LogP contribution in [0.5, 0.6) is 5.75 Å². The van der Waals surface area contributed by atoms with Crippen molar-refractivity contribution < 1.29 is 38.2 Å². The molecule has 0 amide bonds. The van der Waals surface area contributed by atoms with Crippen molar-refractivity contribution in [2.24, 2.45) is 5.92 Å². The first-order valence-corrected chi connectivity index (χ1v) is 11.4.